The molecule has 1 unspecified atom stereocenters. The fourth-order valence-electron chi connectivity index (χ4n) is 2.75. The van der Waals surface area contributed by atoms with Gasteiger partial charge in [-0.15, -0.1) is 11.6 Å². The molecule has 1 aliphatic rings. The van der Waals surface area contributed by atoms with Gasteiger partial charge >= 0.3 is 0 Å². The van der Waals surface area contributed by atoms with Gasteiger partial charge in [-0.25, -0.2) is 8.42 Å². The third-order valence-electron chi connectivity index (χ3n) is 3.89. The number of hydrogen-bond acceptors (Lipinski definition) is 2. The number of aryl methyl sites for hydroxylation is 1. The van der Waals surface area contributed by atoms with Crippen LogP contribution in [0, 0.1) is 5.92 Å². The quantitative estimate of drug-likeness (QED) is 0.755. The molecule has 20 heavy (non-hydrogen) atoms. The molecular weight excluding hydrogens is 294 g/mol. The van der Waals surface area contributed by atoms with Crippen LogP contribution in [0.5, 0.6) is 0 Å². The van der Waals surface area contributed by atoms with E-state index in [1.807, 2.05) is 12.1 Å². The van der Waals surface area contributed by atoms with Gasteiger partial charge in [-0.05, 0) is 42.9 Å². The lowest BCUT2D eigenvalue weighted by molar-refractivity contribution is 0.444. The van der Waals surface area contributed by atoms with E-state index in [-0.39, 0.29) is 0 Å². The van der Waals surface area contributed by atoms with E-state index in [1.165, 1.54) is 0 Å². The SMILES string of the molecule is CCCC1CCN(S(=O)(=O)c2ccc(CCCl)cc2)C1. The number of halogens is 1. The number of rotatable bonds is 6. The maximum absolute atomic E-state index is 12.6. The summed E-state index contributed by atoms with van der Waals surface area (Å²) in [6, 6.07) is 7.11. The maximum Gasteiger partial charge on any atom is 0.243 e. The number of alkyl halides is 1. The molecule has 0 bridgehead atoms. The summed E-state index contributed by atoms with van der Waals surface area (Å²) in [6.45, 7) is 3.46. The molecule has 1 aliphatic heterocycles. The zero-order chi connectivity index (χ0) is 14.6. The first-order valence-corrected chi connectivity index (χ1v) is 9.20. The standard InChI is InChI=1S/C15H22ClNO2S/c1-2-3-14-9-11-17(12-14)20(18,19)15-6-4-13(5-7-15)8-10-16/h4-7,14H,2-3,8-12H2,1H3. The molecule has 1 aromatic carbocycles. The first-order valence-electron chi connectivity index (χ1n) is 7.23. The molecule has 0 saturated carbocycles. The van der Waals surface area contributed by atoms with Gasteiger partial charge in [0.1, 0.15) is 0 Å². The number of nitrogens with zero attached hydrogens (tertiary/aromatic N) is 1. The van der Waals surface area contributed by atoms with Crippen LogP contribution < -0.4 is 0 Å². The lowest BCUT2D eigenvalue weighted by Crippen LogP contribution is -2.28. The molecule has 0 aromatic heterocycles. The molecule has 1 fully saturated rings. The lowest BCUT2D eigenvalue weighted by atomic mass is 10.0. The van der Waals surface area contributed by atoms with Crippen molar-refractivity contribution < 1.29 is 8.42 Å². The molecule has 0 aliphatic carbocycles. The Labute approximate surface area is 127 Å². The van der Waals surface area contributed by atoms with E-state index < -0.39 is 10.0 Å². The van der Waals surface area contributed by atoms with E-state index in [2.05, 4.69) is 6.92 Å². The van der Waals surface area contributed by atoms with Gasteiger partial charge in [0.2, 0.25) is 10.0 Å². The van der Waals surface area contributed by atoms with E-state index in [0.717, 1.165) is 31.2 Å². The predicted molar refractivity (Wildman–Crippen MR) is 82.6 cm³/mol. The van der Waals surface area contributed by atoms with Crippen LogP contribution in [-0.2, 0) is 16.4 Å². The van der Waals surface area contributed by atoms with E-state index in [4.69, 9.17) is 11.6 Å². The Morgan fingerprint density at radius 2 is 2.00 bits per heavy atom. The fourth-order valence-corrected chi connectivity index (χ4v) is 4.49. The summed E-state index contributed by atoms with van der Waals surface area (Å²) in [5, 5.41) is 0. The molecule has 112 valence electrons. The minimum Gasteiger partial charge on any atom is -0.207 e. The Kier molecular flexibility index (Phi) is 5.47. The van der Waals surface area contributed by atoms with Crippen LogP contribution in [0.25, 0.3) is 0 Å². The van der Waals surface area contributed by atoms with Crippen molar-refractivity contribution in [2.24, 2.45) is 5.92 Å². The van der Waals surface area contributed by atoms with E-state index in [9.17, 15) is 8.42 Å². The van der Waals surface area contributed by atoms with Crippen molar-refractivity contribution >= 4 is 21.6 Å². The largest absolute Gasteiger partial charge is 0.243 e. The van der Waals surface area contributed by atoms with Crippen molar-refractivity contribution in [1.29, 1.82) is 0 Å². The van der Waals surface area contributed by atoms with Crippen molar-refractivity contribution in [3.8, 4) is 0 Å². The van der Waals surface area contributed by atoms with E-state index in [0.29, 0.717) is 29.8 Å². The summed E-state index contributed by atoms with van der Waals surface area (Å²) in [5.74, 6) is 1.07. The van der Waals surface area contributed by atoms with Crippen molar-refractivity contribution in [2.75, 3.05) is 19.0 Å². The molecule has 0 amide bonds. The van der Waals surface area contributed by atoms with Gasteiger partial charge < -0.3 is 0 Å². The smallest absolute Gasteiger partial charge is 0.207 e. The molecular formula is C15H22ClNO2S. The summed E-state index contributed by atoms with van der Waals surface area (Å²) >= 11 is 5.69. The monoisotopic (exact) mass is 315 g/mol. The third-order valence-corrected chi connectivity index (χ3v) is 5.96. The van der Waals surface area contributed by atoms with E-state index >= 15 is 0 Å². The molecule has 1 saturated heterocycles. The third kappa shape index (κ3) is 3.54. The number of hydrogen-bond donors (Lipinski definition) is 0. The molecule has 0 spiro atoms. The Bertz CT molecular complexity index is 527. The molecule has 3 nitrogen and oxygen atoms in total. The molecule has 1 atom stereocenters. The summed E-state index contributed by atoms with van der Waals surface area (Å²) in [6.07, 6.45) is 3.98. The number of benzene rings is 1. The Balaban J connectivity index is 2.10. The fraction of sp³-hybridized carbons (Fsp3) is 0.600. The van der Waals surface area contributed by atoms with Gasteiger partial charge in [-0.1, -0.05) is 25.5 Å². The average Bonchev–Trinajstić information content (AvgIpc) is 2.90. The predicted octanol–water partition coefficient (Wildman–Crippen LogP) is 3.28. The zero-order valence-corrected chi connectivity index (χ0v) is 13.5. The summed E-state index contributed by atoms with van der Waals surface area (Å²) < 4.78 is 26.7. The Morgan fingerprint density at radius 3 is 2.60 bits per heavy atom. The Hall–Kier alpha value is -0.580. The van der Waals surface area contributed by atoms with Crippen molar-refractivity contribution in [3.05, 3.63) is 29.8 Å². The second-order valence-corrected chi connectivity index (χ2v) is 7.71. The minimum absolute atomic E-state index is 0.396. The van der Waals surface area contributed by atoms with Crippen LogP contribution in [-0.4, -0.2) is 31.7 Å². The van der Waals surface area contributed by atoms with Crippen LogP contribution in [0.2, 0.25) is 0 Å². The summed E-state index contributed by atoms with van der Waals surface area (Å²) in [7, 11) is -3.32. The zero-order valence-electron chi connectivity index (χ0n) is 11.9. The van der Waals surface area contributed by atoms with Crippen LogP contribution in [0.4, 0.5) is 0 Å². The highest BCUT2D eigenvalue weighted by atomic mass is 35.5. The second-order valence-electron chi connectivity index (χ2n) is 5.39. The highest BCUT2D eigenvalue weighted by Crippen LogP contribution is 2.27. The molecule has 1 aromatic rings. The normalized spacial score (nSPS) is 20.4. The average molecular weight is 316 g/mol. The first kappa shape index (κ1) is 15.8. The molecule has 2 rings (SSSR count). The molecule has 0 radical (unpaired) electrons. The van der Waals surface area contributed by atoms with E-state index in [1.54, 1.807) is 16.4 Å². The molecule has 5 heteroatoms. The molecule has 1 heterocycles. The van der Waals surface area contributed by atoms with Gasteiger partial charge in [-0.3, -0.25) is 0 Å². The van der Waals surface area contributed by atoms with Gasteiger partial charge in [-0.2, -0.15) is 4.31 Å². The minimum atomic E-state index is -3.32. The van der Waals surface area contributed by atoms with Crippen LogP contribution >= 0.6 is 11.6 Å². The number of sulfonamides is 1. The Morgan fingerprint density at radius 1 is 1.30 bits per heavy atom. The van der Waals surface area contributed by atoms with Gasteiger partial charge in [0.25, 0.3) is 0 Å². The van der Waals surface area contributed by atoms with Crippen LogP contribution in [0.1, 0.15) is 31.7 Å². The summed E-state index contributed by atoms with van der Waals surface area (Å²) in [5.41, 5.74) is 1.07. The lowest BCUT2D eigenvalue weighted by Gasteiger charge is -2.16. The second kappa shape index (κ2) is 6.92. The highest BCUT2D eigenvalue weighted by molar-refractivity contribution is 7.89. The van der Waals surface area contributed by atoms with Gasteiger partial charge in [0, 0.05) is 19.0 Å². The van der Waals surface area contributed by atoms with Gasteiger partial charge in [0.15, 0.2) is 0 Å². The van der Waals surface area contributed by atoms with Crippen LogP contribution in [0.15, 0.2) is 29.2 Å². The first-order chi connectivity index (χ1) is 9.57. The van der Waals surface area contributed by atoms with Crippen molar-refractivity contribution in [3.63, 3.8) is 0 Å². The van der Waals surface area contributed by atoms with Crippen molar-refractivity contribution in [1.82, 2.24) is 4.31 Å². The summed E-state index contributed by atoms with van der Waals surface area (Å²) in [4.78, 5) is 0.396. The van der Waals surface area contributed by atoms with Crippen LogP contribution in [0.3, 0.4) is 0 Å². The maximum atomic E-state index is 12.6. The van der Waals surface area contributed by atoms with Gasteiger partial charge in [0.05, 0.1) is 4.90 Å². The molecule has 0 N–H and O–H groups in total. The van der Waals surface area contributed by atoms with Crippen molar-refractivity contribution in [2.45, 2.75) is 37.5 Å². The topological polar surface area (TPSA) is 37.4 Å². The highest BCUT2D eigenvalue weighted by Gasteiger charge is 2.31.